The van der Waals surface area contributed by atoms with Crippen molar-refractivity contribution >= 4 is 39.6 Å². The Morgan fingerprint density at radius 2 is 1.90 bits per heavy atom. The number of benzene rings is 1. The lowest BCUT2D eigenvalue weighted by Gasteiger charge is -2.20. The first-order valence-corrected chi connectivity index (χ1v) is 10.9. The van der Waals surface area contributed by atoms with Gasteiger partial charge in [0.2, 0.25) is 0 Å². The van der Waals surface area contributed by atoms with Crippen LogP contribution in [0.15, 0.2) is 35.3 Å². The van der Waals surface area contributed by atoms with E-state index in [4.69, 9.17) is 14.5 Å². The Morgan fingerprint density at radius 1 is 1.14 bits per heavy atom. The van der Waals surface area contributed by atoms with E-state index >= 15 is 0 Å². The summed E-state index contributed by atoms with van der Waals surface area (Å²) in [6.07, 6.45) is 5.64. The van der Waals surface area contributed by atoms with Gasteiger partial charge in [0.25, 0.3) is 0 Å². The molecule has 150 valence electrons. The number of carbonyl (C=O) groups is 1. The maximum absolute atomic E-state index is 12.6. The molecule has 1 aliphatic rings. The van der Waals surface area contributed by atoms with Crippen LogP contribution in [-0.4, -0.2) is 30.6 Å². The zero-order valence-electron chi connectivity index (χ0n) is 16.7. The minimum absolute atomic E-state index is 0.322. The van der Waals surface area contributed by atoms with E-state index < -0.39 is 0 Å². The SMILES string of the molecule is CCOC=Nc1c(C(=O)OCC)sc2nc(-c3ccccc3)c3c(c12)CCCC3. The molecule has 0 spiro atoms. The van der Waals surface area contributed by atoms with Gasteiger partial charge in [0.15, 0.2) is 6.40 Å². The smallest absolute Gasteiger partial charge is 0.350 e. The van der Waals surface area contributed by atoms with Crippen molar-refractivity contribution in [2.45, 2.75) is 39.5 Å². The lowest BCUT2D eigenvalue weighted by atomic mass is 9.87. The molecule has 1 aliphatic carbocycles. The Kier molecular flexibility index (Phi) is 5.90. The predicted molar refractivity (Wildman–Crippen MR) is 117 cm³/mol. The van der Waals surface area contributed by atoms with Crippen LogP contribution in [-0.2, 0) is 22.3 Å². The quantitative estimate of drug-likeness (QED) is 0.297. The predicted octanol–water partition coefficient (Wildman–Crippen LogP) is 5.72. The standard InChI is InChI=1S/C23H24N2O3S/c1-3-27-14-24-20-18-16-12-8-9-13-17(16)19(15-10-6-5-7-11-15)25-22(18)29-21(20)23(26)28-4-2/h5-7,10-11,14H,3-4,8-9,12-13H2,1-2H3. The van der Waals surface area contributed by atoms with Crippen LogP contribution in [0.1, 0.15) is 47.5 Å². The first kappa shape index (κ1) is 19.6. The molecule has 5 nitrogen and oxygen atoms in total. The number of pyridine rings is 1. The van der Waals surface area contributed by atoms with Crippen LogP contribution in [0.2, 0.25) is 0 Å². The van der Waals surface area contributed by atoms with E-state index in [9.17, 15) is 4.79 Å². The van der Waals surface area contributed by atoms with Gasteiger partial charge < -0.3 is 9.47 Å². The van der Waals surface area contributed by atoms with Crippen LogP contribution in [0.3, 0.4) is 0 Å². The second kappa shape index (κ2) is 8.74. The number of aliphatic imine (C=N–C) groups is 1. The Hall–Kier alpha value is -2.73. The number of hydrogen-bond acceptors (Lipinski definition) is 6. The molecule has 0 saturated carbocycles. The summed E-state index contributed by atoms with van der Waals surface area (Å²) in [7, 11) is 0. The van der Waals surface area contributed by atoms with Gasteiger partial charge in [-0.1, -0.05) is 30.3 Å². The molecule has 0 radical (unpaired) electrons. The number of nitrogens with zero attached hydrogens (tertiary/aromatic N) is 2. The third kappa shape index (κ3) is 3.77. The molecule has 6 heteroatoms. The number of thiophene rings is 1. The molecule has 29 heavy (non-hydrogen) atoms. The molecule has 3 aromatic rings. The van der Waals surface area contributed by atoms with Crippen LogP contribution in [0, 0.1) is 0 Å². The van der Waals surface area contributed by atoms with Crippen molar-refractivity contribution in [2.75, 3.05) is 13.2 Å². The summed E-state index contributed by atoms with van der Waals surface area (Å²) < 4.78 is 10.6. The summed E-state index contributed by atoms with van der Waals surface area (Å²) in [5.41, 5.74) is 5.29. The topological polar surface area (TPSA) is 60.8 Å². The number of esters is 1. The number of fused-ring (bicyclic) bond motifs is 3. The summed E-state index contributed by atoms with van der Waals surface area (Å²) >= 11 is 1.36. The van der Waals surface area contributed by atoms with E-state index in [1.54, 1.807) is 0 Å². The molecule has 2 heterocycles. The summed E-state index contributed by atoms with van der Waals surface area (Å²) in [6.45, 7) is 4.55. The van der Waals surface area contributed by atoms with Gasteiger partial charge in [0.05, 0.1) is 18.9 Å². The normalized spacial score (nSPS) is 13.6. The van der Waals surface area contributed by atoms with Gasteiger partial charge in [-0.2, -0.15) is 0 Å². The Bertz CT molecular complexity index is 1060. The zero-order valence-corrected chi connectivity index (χ0v) is 17.6. The first-order valence-electron chi connectivity index (χ1n) is 10.1. The van der Waals surface area contributed by atoms with Gasteiger partial charge in [-0.15, -0.1) is 11.3 Å². The van der Waals surface area contributed by atoms with Crippen LogP contribution in [0.25, 0.3) is 21.5 Å². The van der Waals surface area contributed by atoms with E-state index in [0.717, 1.165) is 47.2 Å². The second-order valence-corrected chi connectivity index (χ2v) is 7.86. The molecular formula is C23H24N2O3S. The van der Waals surface area contributed by atoms with Crippen LogP contribution >= 0.6 is 11.3 Å². The molecule has 0 atom stereocenters. The van der Waals surface area contributed by atoms with Gasteiger partial charge in [-0.05, 0) is 50.7 Å². The molecule has 0 N–H and O–H groups in total. The summed E-state index contributed by atoms with van der Waals surface area (Å²) in [6, 6.07) is 10.3. The van der Waals surface area contributed by atoms with Gasteiger partial charge in [-0.3, -0.25) is 0 Å². The van der Waals surface area contributed by atoms with Gasteiger partial charge in [-0.25, -0.2) is 14.8 Å². The first-order chi connectivity index (χ1) is 14.2. The molecule has 2 aromatic heterocycles. The third-order valence-electron chi connectivity index (χ3n) is 5.06. The highest BCUT2D eigenvalue weighted by Gasteiger charge is 2.27. The highest BCUT2D eigenvalue weighted by atomic mass is 32.1. The zero-order chi connectivity index (χ0) is 20.2. The lowest BCUT2D eigenvalue weighted by molar-refractivity contribution is 0.0533. The van der Waals surface area contributed by atoms with Gasteiger partial charge in [0.1, 0.15) is 15.4 Å². The van der Waals surface area contributed by atoms with E-state index in [2.05, 4.69) is 17.1 Å². The van der Waals surface area contributed by atoms with Crippen molar-refractivity contribution in [3.05, 3.63) is 46.3 Å². The van der Waals surface area contributed by atoms with E-state index in [0.29, 0.717) is 23.8 Å². The van der Waals surface area contributed by atoms with Crippen molar-refractivity contribution < 1.29 is 14.3 Å². The van der Waals surface area contributed by atoms with Crippen molar-refractivity contribution in [3.63, 3.8) is 0 Å². The lowest BCUT2D eigenvalue weighted by Crippen LogP contribution is -2.07. The summed E-state index contributed by atoms with van der Waals surface area (Å²) in [4.78, 5) is 23.5. The molecule has 0 saturated heterocycles. The minimum atomic E-state index is -0.357. The maximum atomic E-state index is 12.6. The number of aryl methyl sites for hydroxylation is 1. The van der Waals surface area contributed by atoms with E-state index in [1.807, 2.05) is 32.0 Å². The van der Waals surface area contributed by atoms with Gasteiger partial charge >= 0.3 is 5.97 Å². The molecule has 0 fully saturated rings. The van der Waals surface area contributed by atoms with Crippen LogP contribution in [0.4, 0.5) is 5.69 Å². The average molecular weight is 409 g/mol. The highest BCUT2D eigenvalue weighted by molar-refractivity contribution is 7.21. The van der Waals surface area contributed by atoms with Crippen molar-refractivity contribution in [2.24, 2.45) is 4.99 Å². The fourth-order valence-electron chi connectivity index (χ4n) is 3.83. The van der Waals surface area contributed by atoms with Gasteiger partial charge in [0, 0.05) is 10.9 Å². The number of hydrogen-bond donors (Lipinski definition) is 0. The fraction of sp³-hybridized carbons (Fsp3) is 0.348. The number of ether oxygens (including phenoxy) is 2. The van der Waals surface area contributed by atoms with Crippen molar-refractivity contribution in [1.29, 1.82) is 0 Å². The maximum Gasteiger partial charge on any atom is 0.350 e. The van der Waals surface area contributed by atoms with Crippen LogP contribution in [0.5, 0.6) is 0 Å². The molecule has 4 rings (SSSR count). The Morgan fingerprint density at radius 3 is 2.62 bits per heavy atom. The van der Waals surface area contributed by atoms with E-state index in [1.165, 1.54) is 28.9 Å². The minimum Gasteiger partial charge on any atom is -0.483 e. The highest BCUT2D eigenvalue weighted by Crippen LogP contribution is 2.44. The molecule has 0 bridgehead atoms. The second-order valence-electron chi connectivity index (χ2n) is 6.86. The molecule has 0 aliphatic heterocycles. The number of aromatic nitrogens is 1. The van der Waals surface area contributed by atoms with Crippen molar-refractivity contribution in [3.8, 4) is 11.3 Å². The van der Waals surface area contributed by atoms with Crippen LogP contribution < -0.4 is 0 Å². The third-order valence-corrected chi connectivity index (χ3v) is 6.12. The molecular weight excluding hydrogens is 384 g/mol. The summed E-state index contributed by atoms with van der Waals surface area (Å²) in [5, 5.41) is 0.975. The average Bonchev–Trinajstić information content (AvgIpc) is 3.13. The molecule has 0 amide bonds. The molecule has 0 unspecified atom stereocenters. The largest absolute Gasteiger partial charge is 0.483 e. The summed E-state index contributed by atoms with van der Waals surface area (Å²) in [5.74, 6) is -0.357. The monoisotopic (exact) mass is 408 g/mol. The van der Waals surface area contributed by atoms with E-state index in [-0.39, 0.29) is 5.97 Å². The number of rotatable bonds is 6. The fourth-order valence-corrected chi connectivity index (χ4v) is 4.88. The Balaban J connectivity index is 1.99. The van der Waals surface area contributed by atoms with Crippen molar-refractivity contribution in [1.82, 2.24) is 4.98 Å². The Labute approximate surface area is 174 Å². The molecule has 1 aromatic carbocycles. The number of carbonyl (C=O) groups excluding carboxylic acids is 1.